The summed E-state index contributed by atoms with van der Waals surface area (Å²) in [5.74, 6) is 0.113. The minimum atomic E-state index is 0. The molecule has 1 spiro atoms. The van der Waals surface area contributed by atoms with Crippen LogP contribution in [0.1, 0.15) is 23.2 Å². The number of carbonyl (C=O) groups excluding carboxylic acids is 1. The van der Waals surface area contributed by atoms with E-state index in [1.54, 1.807) is 6.07 Å². The smallest absolute Gasteiger partial charge is 0.253 e. The molecule has 2 heterocycles. The van der Waals surface area contributed by atoms with Crippen molar-refractivity contribution in [2.75, 3.05) is 26.2 Å². The Balaban J connectivity index is 0.00000147. The molecule has 20 heavy (non-hydrogen) atoms. The first-order valence-corrected chi connectivity index (χ1v) is 8.00. The van der Waals surface area contributed by atoms with Gasteiger partial charge >= 0.3 is 0 Å². The topological polar surface area (TPSA) is 32.3 Å². The Hall–Kier alpha value is -0.0400. The normalized spacial score (nSPS) is 25.0. The summed E-state index contributed by atoms with van der Waals surface area (Å²) in [5, 5.41) is 4.07. The highest BCUT2D eigenvalue weighted by Gasteiger charge is 2.41. The number of benzene rings is 1. The third-order valence-corrected chi connectivity index (χ3v) is 5.80. The number of hydrogen-bond donors (Lipinski definition) is 1. The molecular weight excluding hydrogens is 410 g/mol. The molecule has 6 heteroatoms. The van der Waals surface area contributed by atoms with E-state index in [4.69, 9.17) is 11.6 Å². The van der Waals surface area contributed by atoms with Crippen molar-refractivity contribution in [3.63, 3.8) is 0 Å². The quantitative estimate of drug-likeness (QED) is 0.699. The van der Waals surface area contributed by atoms with Crippen LogP contribution in [0.4, 0.5) is 0 Å². The van der Waals surface area contributed by atoms with Gasteiger partial charge in [0.2, 0.25) is 0 Å². The lowest BCUT2D eigenvalue weighted by Crippen LogP contribution is -2.33. The summed E-state index contributed by atoms with van der Waals surface area (Å²) < 4.78 is 0.980. The highest BCUT2D eigenvalue weighted by Crippen LogP contribution is 2.36. The molecule has 0 aromatic heterocycles. The molecule has 110 valence electrons. The van der Waals surface area contributed by atoms with Crippen molar-refractivity contribution in [3.8, 4) is 0 Å². The lowest BCUT2D eigenvalue weighted by atomic mass is 9.86. The molecule has 1 aromatic carbocycles. The third kappa shape index (κ3) is 3.08. The van der Waals surface area contributed by atoms with Gasteiger partial charge in [0, 0.05) is 34.2 Å². The zero-order valence-electron chi connectivity index (χ0n) is 11.0. The lowest BCUT2D eigenvalue weighted by molar-refractivity contribution is 0.0775. The van der Waals surface area contributed by atoms with E-state index >= 15 is 0 Å². The van der Waals surface area contributed by atoms with Gasteiger partial charge < -0.3 is 10.2 Å². The van der Waals surface area contributed by atoms with Gasteiger partial charge in [0.05, 0.1) is 5.02 Å². The molecule has 1 unspecified atom stereocenters. The van der Waals surface area contributed by atoms with E-state index in [1.807, 2.05) is 17.0 Å². The maximum Gasteiger partial charge on any atom is 0.253 e. The summed E-state index contributed by atoms with van der Waals surface area (Å²) in [6, 6.07) is 5.55. The maximum atomic E-state index is 12.5. The summed E-state index contributed by atoms with van der Waals surface area (Å²) in [6.07, 6.45) is 2.30. The van der Waals surface area contributed by atoms with Crippen molar-refractivity contribution in [2.24, 2.45) is 5.41 Å². The molecule has 0 aliphatic carbocycles. The van der Waals surface area contributed by atoms with E-state index in [0.717, 1.165) is 36.2 Å². The summed E-state index contributed by atoms with van der Waals surface area (Å²) >= 11 is 8.27. The molecule has 0 radical (unpaired) electrons. The second kappa shape index (κ2) is 6.38. The minimum absolute atomic E-state index is 0. The number of halogens is 3. The van der Waals surface area contributed by atoms with Gasteiger partial charge in [0.1, 0.15) is 0 Å². The molecule has 0 saturated carbocycles. The number of likely N-dealkylation sites (tertiary alicyclic amines) is 1. The van der Waals surface area contributed by atoms with Crippen molar-refractivity contribution < 1.29 is 4.79 Å². The third-order valence-electron chi connectivity index (χ3n) is 4.22. The van der Waals surface area contributed by atoms with Gasteiger partial charge in [-0.15, -0.1) is 12.4 Å². The molecule has 1 atom stereocenters. The Kier molecular flexibility index (Phi) is 5.21. The van der Waals surface area contributed by atoms with Crippen molar-refractivity contribution in [1.82, 2.24) is 10.2 Å². The highest BCUT2D eigenvalue weighted by atomic mass is 127. The molecule has 2 fully saturated rings. The second-order valence-electron chi connectivity index (χ2n) is 5.53. The maximum absolute atomic E-state index is 12.5. The minimum Gasteiger partial charge on any atom is -0.338 e. The summed E-state index contributed by atoms with van der Waals surface area (Å²) in [6.45, 7) is 3.87. The number of carbonyl (C=O) groups is 1. The van der Waals surface area contributed by atoms with Gasteiger partial charge in [-0.05, 0) is 60.2 Å². The van der Waals surface area contributed by atoms with Gasteiger partial charge in [-0.3, -0.25) is 4.79 Å². The van der Waals surface area contributed by atoms with Gasteiger partial charge in [-0.2, -0.15) is 0 Å². The molecular formula is C14H17Cl2IN2O. The van der Waals surface area contributed by atoms with Crippen LogP contribution in [-0.2, 0) is 0 Å². The fourth-order valence-electron chi connectivity index (χ4n) is 3.06. The summed E-state index contributed by atoms with van der Waals surface area (Å²) in [5.41, 5.74) is 1.02. The first-order valence-electron chi connectivity index (χ1n) is 6.55. The Labute approximate surface area is 144 Å². The van der Waals surface area contributed by atoms with Crippen LogP contribution in [0.15, 0.2) is 18.2 Å². The number of amides is 1. The van der Waals surface area contributed by atoms with E-state index in [0.29, 0.717) is 16.0 Å². The van der Waals surface area contributed by atoms with Crippen molar-refractivity contribution >= 4 is 52.5 Å². The standard InChI is InChI=1S/C14H16ClIN2O.ClH/c15-11-7-10(1-2-12(11)16)13(19)18-6-4-14(9-18)3-5-17-8-14;/h1-2,7,17H,3-6,8-9H2;1H. The van der Waals surface area contributed by atoms with Crippen LogP contribution in [0, 0.1) is 8.99 Å². The fraction of sp³-hybridized carbons (Fsp3) is 0.500. The Morgan fingerprint density at radius 2 is 2.20 bits per heavy atom. The first kappa shape index (κ1) is 16.3. The Morgan fingerprint density at radius 1 is 1.40 bits per heavy atom. The number of rotatable bonds is 1. The van der Waals surface area contributed by atoms with Gasteiger partial charge in [-0.1, -0.05) is 11.6 Å². The van der Waals surface area contributed by atoms with E-state index in [9.17, 15) is 4.79 Å². The SMILES string of the molecule is Cl.O=C(c1ccc(I)c(Cl)c1)N1CCC2(CCNC2)C1. The molecule has 2 aliphatic heterocycles. The van der Waals surface area contributed by atoms with Crippen LogP contribution >= 0.6 is 46.6 Å². The zero-order valence-corrected chi connectivity index (χ0v) is 14.7. The molecule has 1 amide bonds. The Bertz CT molecular complexity index is 518. The fourth-order valence-corrected chi connectivity index (χ4v) is 3.58. The van der Waals surface area contributed by atoms with Crippen LogP contribution in [0.5, 0.6) is 0 Å². The molecule has 1 N–H and O–H groups in total. The van der Waals surface area contributed by atoms with Gasteiger partial charge in [0.15, 0.2) is 0 Å². The lowest BCUT2D eigenvalue weighted by Gasteiger charge is -2.22. The van der Waals surface area contributed by atoms with Crippen LogP contribution < -0.4 is 5.32 Å². The number of nitrogens with zero attached hydrogens (tertiary/aromatic N) is 1. The van der Waals surface area contributed by atoms with Crippen LogP contribution in [0.3, 0.4) is 0 Å². The molecule has 2 saturated heterocycles. The number of hydrogen-bond acceptors (Lipinski definition) is 2. The second-order valence-corrected chi connectivity index (χ2v) is 7.10. The van der Waals surface area contributed by atoms with E-state index in [1.165, 1.54) is 6.42 Å². The molecule has 0 bridgehead atoms. The Morgan fingerprint density at radius 3 is 2.85 bits per heavy atom. The monoisotopic (exact) mass is 426 g/mol. The van der Waals surface area contributed by atoms with E-state index in [-0.39, 0.29) is 18.3 Å². The molecule has 1 aromatic rings. The first-order chi connectivity index (χ1) is 9.10. The van der Waals surface area contributed by atoms with Crippen molar-refractivity contribution in [3.05, 3.63) is 32.4 Å². The molecule has 3 rings (SSSR count). The van der Waals surface area contributed by atoms with Gasteiger partial charge in [0.25, 0.3) is 5.91 Å². The van der Waals surface area contributed by atoms with Crippen LogP contribution in [0.2, 0.25) is 5.02 Å². The van der Waals surface area contributed by atoms with E-state index in [2.05, 4.69) is 27.9 Å². The average molecular weight is 427 g/mol. The van der Waals surface area contributed by atoms with Crippen LogP contribution in [0.25, 0.3) is 0 Å². The summed E-state index contributed by atoms with van der Waals surface area (Å²) in [4.78, 5) is 14.5. The van der Waals surface area contributed by atoms with Gasteiger partial charge in [-0.25, -0.2) is 0 Å². The average Bonchev–Trinajstić information content (AvgIpc) is 3.03. The predicted octanol–water partition coefficient (Wildman–Crippen LogP) is 3.19. The molecule has 3 nitrogen and oxygen atoms in total. The van der Waals surface area contributed by atoms with Crippen LogP contribution in [-0.4, -0.2) is 37.0 Å². The zero-order chi connectivity index (χ0) is 13.5. The van der Waals surface area contributed by atoms with Crippen molar-refractivity contribution in [1.29, 1.82) is 0 Å². The van der Waals surface area contributed by atoms with Crippen molar-refractivity contribution in [2.45, 2.75) is 12.8 Å². The highest BCUT2D eigenvalue weighted by molar-refractivity contribution is 14.1. The van der Waals surface area contributed by atoms with E-state index < -0.39 is 0 Å². The predicted molar refractivity (Wildman–Crippen MR) is 91.9 cm³/mol. The summed E-state index contributed by atoms with van der Waals surface area (Å²) in [7, 11) is 0. The molecule has 2 aliphatic rings. The number of nitrogens with one attached hydrogen (secondary N) is 1. The largest absolute Gasteiger partial charge is 0.338 e.